The third kappa shape index (κ3) is 2.06. The monoisotopic (exact) mass is 220 g/mol. The van der Waals surface area contributed by atoms with E-state index in [4.69, 9.17) is 0 Å². The Morgan fingerprint density at radius 2 is 2.20 bits per heavy atom. The summed E-state index contributed by atoms with van der Waals surface area (Å²) in [6, 6.07) is 5.73. The molecule has 1 unspecified atom stereocenters. The number of aryl methyl sites for hydroxylation is 1. The van der Waals surface area contributed by atoms with E-state index in [1.165, 1.54) is 11.3 Å². The van der Waals surface area contributed by atoms with Crippen LogP contribution in [0.25, 0.3) is 11.4 Å². The molecule has 2 aromatic heterocycles. The van der Waals surface area contributed by atoms with Crippen molar-refractivity contribution >= 4 is 11.3 Å². The number of pyridine rings is 1. The van der Waals surface area contributed by atoms with Crippen LogP contribution >= 0.6 is 11.3 Å². The molecule has 4 heteroatoms. The number of aliphatic hydroxyl groups is 1. The zero-order chi connectivity index (χ0) is 10.8. The first-order valence-corrected chi connectivity index (χ1v) is 5.57. The van der Waals surface area contributed by atoms with Gasteiger partial charge in [-0.2, -0.15) is 0 Å². The van der Waals surface area contributed by atoms with E-state index in [0.29, 0.717) is 0 Å². The summed E-state index contributed by atoms with van der Waals surface area (Å²) in [5, 5.41) is 10.2. The molecule has 1 N–H and O–H groups in total. The first-order chi connectivity index (χ1) is 7.18. The Morgan fingerprint density at radius 1 is 1.40 bits per heavy atom. The summed E-state index contributed by atoms with van der Waals surface area (Å²) in [6.07, 6.45) is 1.24. The lowest BCUT2D eigenvalue weighted by Gasteiger charge is -1.97. The predicted octanol–water partition coefficient (Wildman–Crippen LogP) is 2.57. The summed E-state index contributed by atoms with van der Waals surface area (Å²) in [6.45, 7) is 3.72. The van der Waals surface area contributed by atoms with Crippen molar-refractivity contribution in [1.82, 2.24) is 9.97 Å². The summed E-state index contributed by atoms with van der Waals surface area (Å²) in [5.74, 6) is 0. The van der Waals surface area contributed by atoms with Gasteiger partial charge >= 0.3 is 0 Å². The second-order valence-electron chi connectivity index (χ2n) is 3.35. The standard InChI is InChI=1S/C11H12N2OS/c1-7(14)11-13-10(8(2)15-11)9-5-3-4-6-12-9/h3-7,14H,1-2H3. The summed E-state index contributed by atoms with van der Waals surface area (Å²) < 4.78 is 0. The van der Waals surface area contributed by atoms with Crippen molar-refractivity contribution in [3.8, 4) is 11.4 Å². The molecule has 0 saturated carbocycles. The molecule has 2 rings (SSSR count). The topological polar surface area (TPSA) is 46.0 Å². The highest BCUT2D eigenvalue weighted by atomic mass is 32.1. The summed E-state index contributed by atoms with van der Waals surface area (Å²) in [5.41, 5.74) is 1.73. The molecule has 1 atom stereocenters. The van der Waals surface area contributed by atoms with Gasteiger partial charge in [0.2, 0.25) is 0 Å². The van der Waals surface area contributed by atoms with Gasteiger partial charge in [-0.15, -0.1) is 11.3 Å². The average molecular weight is 220 g/mol. The van der Waals surface area contributed by atoms with Crippen molar-refractivity contribution in [2.75, 3.05) is 0 Å². The minimum atomic E-state index is -0.508. The summed E-state index contributed by atoms with van der Waals surface area (Å²) in [7, 11) is 0. The van der Waals surface area contributed by atoms with Gasteiger partial charge in [-0.05, 0) is 26.0 Å². The first kappa shape index (κ1) is 10.3. The molecule has 0 aliphatic rings. The fourth-order valence-electron chi connectivity index (χ4n) is 1.34. The molecule has 0 spiro atoms. The van der Waals surface area contributed by atoms with Gasteiger partial charge in [0.15, 0.2) is 0 Å². The highest BCUT2D eigenvalue weighted by Gasteiger charge is 2.13. The molecule has 15 heavy (non-hydrogen) atoms. The Kier molecular flexibility index (Phi) is 2.79. The molecule has 0 amide bonds. The van der Waals surface area contributed by atoms with Crippen LogP contribution in [0.5, 0.6) is 0 Å². The molecule has 0 aromatic carbocycles. The maximum absolute atomic E-state index is 9.44. The highest BCUT2D eigenvalue weighted by molar-refractivity contribution is 7.12. The van der Waals surface area contributed by atoms with E-state index in [2.05, 4.69) is 9.97 Å². The number of aliphatic hydroxyl groups excluding tert-OH is 1. The van der Waals surface area contributed by atoms with Crippen LogP contribution in [0.4, 0.5) is 0 Å². The molecule has 0 saturated heterocycles. The molecule has 78 valence electrons. The van der Waals surface area contributed by atoms with Gasteiger partial charge in [0, 0.05) is 11.1 Å². The normalized spacial score (nSPS) is 12.7. The van der Waals surface area contributed by atoms with Gasteiger partial charge in [-0.25, -0.2) is 4.98 Å². The van der Waals surface area contributed by atoms with Crippen LogP contribution in [0.3, 0.4) is 0 Å². The third-order valence-corrected chi connectivity index (χ3v) is 3.22. The van der Waals surface area contributed by atoms with Gasteiger partial charge in [0.1, 0.15) is 16.8 Å². The van der Waals surface area contributed by atoms with Crippen LogP contribution in [-0.4, -0.2) is 15.1 Å². The van der Waals surface area contributed by atoms with Crippen LogP contribution in [0.2, 0.25) is 0 Å². The molecule has 0 radical (unpaired) electrons. The molecular formula is C11H12N2OS. The van der Waals surface area contributed by atoms with E-state index in [-0.39, 0.29) is 0 Å². The highest BCUT2D eigenvalue weighted by Crippen LogP contribution is 2.28. The first-order valence-electron chi connectivity index (χ1n) is 4.75. The van der Waals surface area contributed by atoms with E-state index >= 15 is 0 Å². The zero-order valence-electron chi connectivity index (χ0n) is 8.64. The van der Waals surface area contributed by atoms with Crippen molar-refractivity contribution < 1.29 is 5.11 Å². The maximum atomic E-state index is 9.44. The van der Waals surface area contributed by atoms with Gasteiger partial charge in [0.25, 0.3) is 0 Å². The second-order valence-corrected chi connectivity index (χ2v) is 4.58. The van der Waals surface area contributed by atoms with Crippen molar-refractivity contribution in [2.24, 2.45) is 0 Å². The Balaban J connectivity index is 2.45. The van der Waals surface area contributed by atoms with Crippen LogP contribution in [0, 0.1) is 6.92 Å². The van der Waals surface area contributed by atoms with Crippen LogP contribution in [-0.2, 0) is 0 Å². The Labute approximate surface area is 92.5 Å². The predicted molar refractivity (Wildman–Crippen MR) is 60.7 cm³/mol. The van der Waals surface area contributed by atoms with Crippen LogP contribution in [0.15, 0.2) is 24.4 Å². The average Bonchev–Trinajstić information content (AvgIpc) is 2.62. The SMILES string of the molecule is Cc1sc(C(C)O)nc1-c1ccccn1. The fourth-order valence-corrected chi connectivity index (χ4v) is 2.20. The van der Waals surface area contributed by atoms with E-state index in [0.717, 1.165) is 21.3 Å². The van der Waals surface area contributed by atoms with E-state index in [9.17, 15) is 5.11 Å². The summed E-state index contributed by atoms with van der Waals surface area (Å²) in [4.78, 5) is 9.72. The van der Waals surface area contributed by atoms with Crippen molar-refractivity contribution in [3.63, 3.8) is 0 Å². The Hall–Kier alpha value is -1.26. The molecule has 2 heterocycles. The van der Waals surface area contributed by atoms with Gasteiger partial charge in [-0.3, -0.25) is 4.98 Å². The minimum Gasteiger partial charge on any atom is -0.386 e. The van der Waals surface area contributed by atoms with E-state index < -0.39 is 6.10 Å². The molecule has 3 nitrogen and oxygen atoms in total. The quantitative estimate of drug-likeness (QED) is 0.846. The number of rotatable bonds is 2. The number of thiazole rings is 1. The van der Waals surface area contributed by atoms with Crippen molar-refractivity contribution in [3.05, 3.63) is 34.3 Å². The molecule has 2 aromatic rings. The molecule has 0 bridgehead atoms. The van der Waals surface area contributed by atoms with Crippen molar-refractivity contribution in [1.29, 1.82) is 0 Å². The van der Waals surface area contributed by atoms with Crippen LogP contribution in [0.1, 0.15) is 22.9 Å². The molecule has 0 aliphatic heterocycles. The second kappa shape index (κ2) is 4.08. The van der Waals surface area contributed by atoms with Gasteiger partial charge in [-0.1, -0.05) is 6.07 Å². The van der Waals surface area contributed by atoms with Crippen molar-refractivity contribution in [2.45, 2.75) is 20.0 Å². The smallest absolute Gasteiger partial charge is 0.122 e. The van der Waals surface area contributed by atoms with E-state index in [1.807, 2.05) is 25.1 Å². The van der Waals surface area contributed by atoms with E-state index in [1.54, 1.807) is 13.1 Å². The molecule has 0 aliphatic carbocycles. The molecular weight excluding hydrogens is 208 g/mol. The fraction of sp³-hybridized carbons (Fsp3) is 0.273. The third-order valence-electron chi connectivity index (χ3n) is 2.08. The summed E-state index contributed by atoms with van der Waals surface area (Å²) >= 11 is 1.52. The maximum Gasteiger partial charge on any atom is 0.122 e. The lowest BCUT2D eigenvalue weighted by Crippen LogP contribution is -1.90. The number of hydrogen-bond donors (Lipinski definition) is 1. The Morgan fingerprint density at radius 3 is 2.73 bits per heavy atom. The minimum absolute atomic E-state index is 0.508. The largest absolute Gasteiger partial charge is 0.386 e. The van der Waals surface area contributed by atoms with Gasteiger partial charge in [0.05, 0.1) is 5.69 Å². The lowest BCUT2D eigenvalue weighted by molar-refractivity contribution is 0.199. The zero-order valence-corrected chi connectivity index (χ0v) is 9.45. The number of hydrogen-bond acceptors (Lipinski definition) is 4. The van der Waals surface area contributed by atoms with Crippen LogP contribution < -0.4 is 0 Å². The number of nitrogens with zero attached hydrogens (tertiary/aromatic N) is 2. The lowest BCUT2D eigenvalue weighted by atomic mass is 10.2. The molecule has 0 fully saturated rings. The van der Waals surface area contributed by atoms with Gasteiger partial charge < -0.3 is 5.11 Å². The number of aromatic nitrogens is 2. The Bertz CT molecular complexity index is 451.